The Morgan fingerprint density at radius 2 is 1.87 bits per heavy atom. The maximum Gasteiger partial charge on any atom is 0.321 e. The molecule has 2 saturated heterocycles. The smallest absolute Gasteiger partial charge is 0.321 e. The number of piperidine rings is 1. The molecule has 3 N–H and O–H groups in total. The molecule has 23 heavy (non-hydrogen) atoms. The summed E-state index contributed by atoms with van der Waals surface area (Å²) < 4.78 is 0. The van der Waals surface area contributed by atoms with Crippen molar-refractivity contribution < 1.29 is 9.59 Å². The zero-order valence-corrected chi connectivity index (χ0v) is 13.6. The first-order valence-electron chi connectivity index (χ1n) is 8.16. The van der Waals surface area contributed by atoms with E-state index in [2.05, 4.69) is 16.0 Å². The quantitative estimate of drug-likeness (QED) is 0.796. The van der Waals surface area contributed by atoms with Gasteiger partial charge < -0.3 is 20.9 Å². The van der Waals surface area contributed by atoms with Crippen LogP contribution >= 0.6 is 0 Å². The van der Waals surface area contributed by atoms with Gasteiger partial charge in [0.1, 0.15) is 0 Å². The zero-order chi connectivity index (χ0) is 16.4. The molecule has 0 aliphatic carbocycles. The fourth-order valence-electron chi connectivity index (χ4n) is 3.42. The molecule has 2 unspecified atom stereocenters. The normalized spacial score (nSPS) is 25.7. The number of nitrogens with zero attached hydrogens (tertiary/aromatic N) is 1. The van der Waals surface area contributed by atoms with Gasteiger partial charge in [-0.15, -0.1) is 0 Å². The summed E-state index contributed by atoms with van der Waals surface area (Å²) >= 11 is 0. The van der Waals surface area contributed by atoms with Crippen molar-refractivity contribution >= 4 is 17.6 Å². The van der Waals surface area contributed by atoms with E-state index in [0.29, 0.717) is 23.3 Å². The maximum atomic E-state index is 12.5. The molecule has 2 bridgehead atoms. The second-order valence-electron chi connectivity index (χ2n) is 6.69. The van der Waals surface area contributed by atoms with Crippen LogP contribution in [0.3, 0.4) is 0 Å². The maximum absolute atomic E-state index is 12.5. The molecule has 0 spiro atoms. The van der Waals surface area contributed by atoms with E-state index in [1.807, 2.05) is 0 Å². The number of hydrogen-bond acceptors (Lipinski definition) is 3. The average molecular weight is 316 g/mol. The van der Waals surface area contributed by atoms with E-state index in [1.54, 1.807) is 38.4 Å². The fraction of sp³-hybridized carbons (Fsp3) is 0.529. The van der Waals surface area contributed by atoms with Gasteiger partial charge in [0.15, 0.2) is 0 Å². The lowest BCUT2D eigenvalue weighted by Gasteiger charge is -2.29. The first kappa shape index (κ1) is 15.8. The molecule has 1 aromatic carbocycles. The molecule has 0 aromatic heterocycles. The molecule has 3 amide bonds. The molecule has 3 rings (SSSR count). The van der Waals surface area contributed by atoms with E-state index >= 15 is 0 Å². The summed E-state index contributed by atoms with van der Waals surface area (Å²) in [5.74, 6) is -0.0720. The van der Waals surface area contributed by atoms with Crippen molar-refractivity contribution in [2.24, 2.45) is 0 Å². The molecule has 2 aliphatic heterocycles. The van der Waals surface area contributed by atoms with Gasteiger partial charge in [0.25, 0.3) is 5.91 Å². The number of anilines is 1. The van der Waals surface area contributed by atoms with Gasteiger partial charge in [0.05, 0.1) is 0 Å². The van der Waals surface area contributed by atoms with Crippen LogP contribution < -0.4 is 16.0 Å². The van der Waals surface area contributed by atoms with Crippen LogP contribution in [0.15, 0.2) is 24.3 Å². The third-order valence-corrected chi connectivity index (χ3v) is 4.59. The zero-order valence-electron chi connectivity index (χ0n) is 13.6. The van der Waals surface area contributed by atoms with E-state index in [-0.39, 0.29) is 18.0 Å². The lowest BCUT2D eigenvalue weighted by atomic mass is 9.99. The Morgan fingerprint density at radius 1 is 1.17 bits per heavy atom. The SMILES string of the molecule is CN(C)C(=O)Nc1cccc(C(=O)NC2CC3CCC(C2)N3)c1. The third-order valence-electron chi connectivity index (χ3n) is 4.59. The average Bonchev–Trinajstić information content (AvgIpc) is 2.86. The number of nitrogens with one attached hydrogen (secondary N) is 3. The minimum Gasteiger partial charge on any atom is -0.349 e. The van der Waals surface area contributed by atoms with Crippen molar-refractivity contribution in [1.29, 1.82) is 0 Å². The van der Waals surface area contributed by atoms with Gasteiger partial charge in [-0.1, -0.05) is 6.07 Å². The lowest BCUT2D eigenvalue weighted by molar-refractivity contribution is 0.0924. The first-order valence-corrected chi connectivity index (χ1v) is 8.16. The molecule has 2 aliphatic rings. The van der Waals surface area contributed by atoms with Gasteiger partial charge in [0.2, 0.25) is 0 Å². The summed E-state index contributed by atoms with van der Waals surface area (Å²) in [6, 6.07) is 8.17. The number of rotatable bonds is 3. The Bertz CT molecular complexity index is 590. The Labute approximate surface area is 136 Å². The number of hydrogen-bond donors (Lipinski definition) is 3. The van der Waals surface area contributed by atoms with Crippen LogP contribution in [0.2, 0.25) is 0 Å². The van der Waals surface area contributed by atoms with Gasteiger partial charge in [-0.2, -0.15) is 0 Å². The van der Waals surface area contributed by atoms with E-state index < -0.39 is 0 Å². The highest BCUT2D eigenvalue weighted by Gasteiger charge is 2.34. The number of carbonyl (C=O) groups excluding carboxylic acids is 2. The standard InChI is InChI=1S/C17H24N4O2/c1-21(2)17(23)20-12-5-3-4-11(8-12)16(22)19-15-9-13-6-7-14(10-15)18-13/h3-5,8,13-15,18H,6-7,9-10H2,1-2H3,(H,19,22)(H,20,23). The molecule has 1 aromatic rings. The fourth-order valence-corrected chi connectivity index (χ4v) is 3.42. The predicted octanol–water partition coefficient (Wildman–Crippen LogP) is 1.79. The number of urea groups is 1. The Hall–Kier alpha value is -2.08. The highest BCUT2D eigenvalue weighted by Crippen LogP contribution is 2.27. The van der Waals surface area contributed by atoms with Gasteiger partial charge >= 0.3 is 6.03 Å². The number of fused-ring (bicyclic) bond motifs is 2. The van der Waals surface area contributed by atoms with Crippen molar-refractivity contribution in [3.8, 4) is 0 Å². The number of amides is 3. The van der Waals surface area contributed by atoms with Gasteiger partial charge in [-0.3, -0.25) is 4.79 Å². The molecule has 124 valence electrons. The largest absolute Gasteiger partial charge is 0.349 e. The molecule has 6 nitrogen and oxygen atoms in total. The molecule has 2 atom stereocenters. The van der Waals surface area contributed by atoms with E-state index in [4.69, 9.17) is 0 Å². The Kier molecular flexibility index (Phi) is 4.52. The minimum atomic E-state index is -0.211. The predicted molar refractivity (Wildman–Crippen MR) is 89.6 cm³/mol. The molecule has 2 heterocycles. The minimum absolute atomic E-state index is 0.0720. The number of benzene rings is 1. The second-order valence-corrected chi connectivity index (χ2v) is 6.69. The summed E-state index contributed by atoms with van der Waals surface area (Å²) in [5.41, 5.74) is 1.20. The lowest BCUT2D eigenvalue weighted by Crippen LogP contribution is -2.48. The van der Waals surface area contributed by atoms with Crippen LogP contribution in [0.5, 0.6) is 0 Å². The molecule has 0 radical (unpaired) electrons. The number of carbonyl (C=O) groups is 2. The van der Waals surface area contributed by atoms with Crippen molar-refractivity contribution in [3.05, 3.63) is 29.8 Å². The van der Waals surface area contributed by atoms with Crippen molar-refractivity contribution in [3.63, 3.8) is 0 Å². The van der Waals surface area contributed by atoms with Crippen LogP contribution in [0, 0.1) is 0 Å². The van der Waals surface area contributed by atoms with Crippen LogP contribution in [-0.2, 0) is 0 Å². The second kappa shape index (κ2) is 6.58. The topological polar surface area (TPSA) is 73.5 Å². The molecule has 2 fully saturated rings. The van der Waals surface area contributed by atoms with Crippen LogP contribution in [0.4, 0.5) is 10.5 Å². The highest BCUT2D eigenvalue weighted by molar-refractivity contribution is 5.97. The van der Waals surface area contributed by atoms with Gasteiger partial charge in [-0.05, 0) is 43.9 Å². The van der Waals surface area contributed by atoms with Crippen molar-refractivity contribution in [1.82, 2.24) is 15.5 Å². The van der Waals surface area contributed by atoms with E-state index in [1.165, 1.54) is 17.7 Å². The van der Waals surface area contributed by atoms with E-state index in [0.717, 1.165) is 12.8 Å². The van der Waals surface area contributed by atoms with Gasteiger partial charge in [0, 0.05) is 43.5 Å². The van der Waals surface area contributed by atoms with Crippen LogP contribution in [0.1, 0.15) is 36.0 Å². The molecule has 0 saturated carbocycles. The van der Waals surface area contributed by atoms with Crippen LogP contribution in [0.25, 0.3) is 0 Å². The highest BCUT2D eigenvalue weighted by atomic mass is 16.2. The van der Waals surface area contributed by atoms with Crippen molar-refractivity contribution in [2.45, 2.75) is 43.8 Å². The molecular weight excluding hydrogens is 292 g/mol. The molecule has 6 heteroatoms. The van der Waals surface area contributed by atoms with Gasteiger partial charge in [-0.25, -0.2) is 4.79 Å². The third kappa shape index (κ3) is 3.82. The van der Waals surface area contributed by atoms with Crippen molar-refractivity contribution in [2.75, 3.05) is 19.4 Å². The summed E-state index contributed by atoms with van der Waals surface area (Å²) in [6.07, 6.45) is 4.42. The summed E-state index contributed by atoms with van der Waals surface area (Å²) in [4.78, 5) is 25.6. The Morgan fingerprint density at radius 3 is 2.52 bits per heavy atom. The van der Waals surface area contributed by atoms with Crippen LogP contribution in [-0.4, -0.2) is 49.1 Å². The summed E-state index contributed by atoms with van der Waals surface area (Å²) in [5, 5.41) is 9.47. The first-order chi connectivity index (χ1) is 11.0. The van der Waals surface area contributed by atoms with E-state index in [9.17, 15) is 9.59 Å². The summed E-state index contributed by atoms with van der Waals surface area (Å²) in [6.45, 7) is 0. The Balaban J connectivity index is 1.62. The summed E-state index contributed by atoms with van der Waals surface area (Å²) in [7, 11) is 3.36. The molecular formula is C17H24N4O2. The monoisotopic (exact) mass is 316 g/mol.